The van der Waals surface area contributed by atoms with Crippen LogP contribution in [0.4, 0.5) is 0 Å². The van der Waals surface area contributed by atoms with Crippen molar-refractivity contribution in [1.29, 1.82) is 0 Å². The number of rotatable bonds is 3. The normalized spacial score (nSPS) is 16.3. The van der Waals surface area contributed by atoms with Crippen LogP contribution in [0.2, 0.25) is 10.0 Å². The Labute approximate surface area is 140 Å². The number of nitrogens with zero attached hydrogens (tertiary/aromatic N) is 1. The molecule has 2 N–H and O–H groups in total. The average molecular weight is 354 g/mol. The predicted molar refractivity (Wildman–Crippen MR) is 88.0 cm³/mol. The number of piperidine rings is 1. The van der Waals surface area contributed by atoms with Gasteiger partial charge in [-0.15, -0.1) is 12.4 Å². The molecule has 0 radical (unpaired) electrons. The molecule has 0 unspecified atom stereocenters. The summed E-state index contributed by atoms with van der Waals surface area (Å²) in [7, 11) is 0. The van der Waals surface area contributed by atoms with Gasteiger partial charge in [-0.2, -0.15) is 0 Å². The third-order valence-electron chi connectivity index (χ3n) is 3.64. The zero-order valence-electron chi connectivity index (χ0n) is 11.7. The van der Waals surface area contributed by atoms with Crippen molar-refractivity contribution in [1.82, 2.24) is 10.2 Å². The van der Waals surface area contributed by atoms with E-state index in [1.807, 2.05) is 0 Å². The number of halogens is 3. The Bertz CT molecular complexity index is 503. The summed E-state index contributed by atoms with van der Waals surface area (Å²) in [6, 6.07) is 2.97. The van der Waals surface area contributed by atoms with Crippen molar-refractivity contribution in [2.75, 3.05) is 19.6 Å². The van der Waals surface area contributed by atoms with Gasteiger partial charge >= 0.3 is 0 Å². The lowest BCUT2D eigenvalue weighted by molar-refractivity contribution is 0.0910. The van der Waals surface area contributed by atoms with Gasteiger partial charge < -0.3 is 15.3 Å². The minimum atomic E-state index is -0.332. The van der Waals surface area contributed by atoms with E-state index in [-0.39, 0.29) is 40.7 Å². The third-order valence-corrected chi connectivity index (χ3v) is 4.15. The average Bonchev–Trinajstić information content (AvgIpc) is 2.43. The second-order valence-corrected chi connectivity index (χ2v) is 5.81. The van der Waals surface area contributed by atoms with Crippen LogP contribution in [0.3, 0.4) is 0 Å². The number of aromatic hydroxyl groups is 1. The Hall–Kier alpha value is -0.680. The molecular weight excluding hydrogens is 335 g/mol. The molecule has 1 aromatic rings. The smallest absolute Gasteiger partial charge is 0.255 e. The number of phenolic OH excluding ortho intramolecular Hbond substituents is 1. The van der Waals surface area contributed by atoms with E-state index in [2.05, 4.69) is 17.1 Å². The topological polar surface area (TPSA) is 52.6 Å². The second-order valence-electron chi connectivity index (χ2n) is 4.97. The van der Waals surface area contributed by atoms with Gasteiger partial charge in [-0.25, -0.2) is 0 Å². The van der Waals surface area contributed by atoms with Crippen molar-refractivity contribution in [2.24, 2.45) is 0 Å². The maximum Gasteiger partial charge on any atom is 0.255 e. The number of phenols is 1. The lowest BCUT2D eigenvalue weighted by Crippen LogP contribution is -2.44. The van der Waals surface area contributed by atoms with Crippen LogP contribution in [0.5, 0.6) is 5.75 Å². The molecule has 21 heavy (non-hydrogen) atoms. The fourth-order valence-corrected chi connectivity index (χ4v) is 2.89. The standard InChI is InChI=1S/C14H18Cl2N2O2.ClH/c1-2-18-5-3-10(4-6-18)17-14(20)11-7-9(15)8-12(16)13(11)19;/h7-8,10,19H,2-6H2,1H3,(H,17,20);1H. The number of carbonyl (C=O) groups excluding carboxylic acids is 1. The van der Waals surface area contributed by atoms with Crippen LogP contribution in [-0.4, -0.2) is 41.6 Å². The molecule has 0 spiro atoms. The highest BCUT2D eigenvalue weighted by Gasteiger charge is 2.22. The molecule has 1 heterocycles. The van der Waals surface area contributed by atoms with Crippen molar-refractivity contribution >= 4 is 41.5 Å². The van der Waals surface area contributed by atoms with Gasteiger partial charge in [-0.05, 0) is 31.5 Å². The molecule has 0 bridgehead atoms. The molecule has 1 aromatic carbocycles. The summed E-state index contributed by atoms with van der Waals surface area (Å²) in [6.45, 7) is 5.11. The molecule has 118 valence electrons. The molecule has 0 aromatic heterocycles. The number of hydrogen-bond donors (Lipinski definition) is 2. The fraction of sp³-hybridized carbons (Fsp3) is 0.500. The maximum absolute atomic E-state index is 12.2. The largest absolute Gasteiger partial charge is 0.506 e. The monoisotopic (exact) mass is 352 g/mol. The first-order valence-electron chi connectivity index (χ1n) is 6.72. The van der Waals surface area contributed by atoms with Crippen LogP contribution < -0.4 is 5.32 Å². The van der Waals surface area contributed by atoms with Gasteiger partial charge in [0, 0.05) is 24.2 Å². The summed E-state index contributed by atoms with van der Waals surface area (Å²) in [5.74, 6) is -0.554. The molecule has 0 aliphatic carbocycles. The summed E-state index contributed by atoms with van der Waals surface area (Å²) >= 11 is 11.7. The highest BCUT2D eigenvalue weighted by atomic mass is 35.5. The lowest BCUT2D eigenvalue weighted by atomic mass is 10.0. The van der Waals surface area contributed by atoms with Gasteiger partial charge in [0.15, 0.2) is 0 Å². The van der Waals surface area contributed by atoms with E-state index in [9.17, 15) is 9.90 Å². The number of hydrogen-bond acceptors (Lipinski definition) is 3. The van der Waals surface area contributed by atoms with Crippen LogP contribution >= 0.6 is 35.6 Å². The molecule has 1 aliphatic rings. The maximum atomic E-state index is 12.2. The number of likely N-dealkylation sites (tertiary alicyclic amines) is 1. The zero-order chi connectivity index (χ0) is 14.7. The molecule has 1 amide bonds. The van der Waals surface area contributed by atoms with Crippen molar-refractivity contribution in [2.45, 2.75) is 25.8 Å². The van der Waals surface area contributed by atoms with Gasteiger partial charge in [0.1, 0.15) is 5.75 Å². The molecule has 1 fully saturated rings. The first kappa shape index (κ1) is 18.4. The van der Waals surface area contributed by atoms with E-state index in [1.54, 1.807) is 0 Å². The molecule has 7 heteroatoms. The van der Waals surface area contributed by atoms with Crippen LogP contribution in [-0.2, 0) is 0 Å². The summed E-state index contributed by atoms with van der Waals surface area (Å²) in [4.78, 5) is 14.5. The highest BCUT2D eigenvalue weighted by Crippen LogP contribution is 2.31. The second kappa shape index (κ2) is 8.08. The molecule has 2 rings (SSSR count). The van der Waals surface area contributed by atoms with E-state index in [0.717, 1.165) is 32.5 Å². The Kier molecular flexibility index (Phi) is 7.07. The summed E-state index contributed by atoms with van der Waals surface area (Å²) in [5, 5.41) is 13.2. The van der Waals surface area contributed by atoms with E-state index in [1.165, 1.54) is 12.1 Å². The van der Waals surface area contributed by atoms with Gasteiger partial charge in [0.25, 0.3) is 5.91 Å². The molecule has 1 aliphatic heterocycles. The Morgan fingerprint density at radius 1 is 1.38 bits per heavy atom. The third kappa shape index (κ3) is 4.65. The molecule has 0 atom stereocenters. The van der Waals surface area contributed by atoms with Crippen molar-refractivity contribution in [3.63, 3.8) is 0 Å². The van der Waals surface area contributed by atoms with Crippen molar-refractivity contribution in [3.8, 4) is 5.75 Å². The minimum Gasteiger partial charge on any atom is -0.506 e. The lowest BCUT2D eigenvalue weighted by Gasteiger charge is -2.31. The van der Waals surface area contributed by atoms with Gasteiger partial charge in [-0.3, -0.25) is 4.79 Å². The summed E-state index contributed by atoms with van der Waals surface area (Å²) in [5.41, 5.74) is 0.125. The van der Waals surface area contributed by atoms with Crippen LogP contribution in [0, 0.1) is 0 Å². The minimum absolute atomic E-state index is 0. The van der Waals surface area contributed by atoms with E-state index in [0.29, 0.717) is 5.02 Å². The first-order chi connectivity index (χ1) is 9.51. The number of amides is 1. The Balaban J connectivity index is 0.00000220. The van der Waals surface area contributed by atoms with Gasteiger partial charge in [0.05, 0.1) is 10.6 Å². The fourth-order valence-electron chi connectivity index (χ4n) is 2.40. The van der Waals surface area contributed by atoms with Crippen LogP contribution in [0.1, 0.15) is 30.1 Å². The van der Waals surface area contributed by atoms with Gasteiger partial charge in [-0.1, -0.05) is 30.1 Å². The Morgan fingerprint density at radius 3 is 2.57 bits per heavy atom. The molecule has 0 saturated carbocycles. The zero-order valence-corrected chi connectivity index (χ0v) is 14.1. The predicted octanol–water partition coefficient (Wildman–Crippen LogP) is 3.33. The highest BCUT2D eigenvalue weighted by molar-refractivity contribution is 6.36. The van der Waals surface area contributed by atoms with Crippen molar-refractivity contribution in [3.05, 3.63) is 27.7 Å². The van der Waals surface area contributed by atoms with Gasteiger partial charge in [0.2, 0.25) is 0 Å². The van der Waals surface area contributed by atoms with Crippen LogP contribution in [0.25, 0.3) is 0 Å². The molecule has 4 nitrogen and oxygen atoms in total. The van der Waals surface area contributed by atoms with E-state index in [4.69, 9.17) is 23.2 Å². The van der Waals surface area contributed by atoms with Crippen LogP contribution in [0.15, 0.2) is 12.1 Å². The first-order valence-corrected chi connectivity index (χ1v) is 7.48. The number of benzene rings is 1. The summed E-state index contributed by atoms with van der Waals surface area (Å²) < 4.78 is 0. The number of nitrogens with one attached hydrogen (secondary N) is 1. The van der Waals surface area contributed by atoms with E-state index < -0.39 is 0 Å². The summed E-state index contributed by atoms with van der Waals surface area (Å²) in [6.07, 6.45) is 1.82. The Morgan fingerprint density at radius 2 is 2.00 bits per heavy atom. The van der Waals surface area contributed by atoms with Crippen molar-refractivity contribution < 1.29 is 9.90 Å². The molecular formula is C14H19Cl3N2O2. The van der Waals surface area contributed by atoms with E-state index >= 15 is 0 Å². The quantitative estimate of drug-likeness (QED) is 0.876. The SMILES string of the molecule is CCN1CCC(NC(=O)c2cc(Cl)cc(Cl)c2O)CC1.Cl. The number of carbonyl (C=O) groups is 1. The molecule has 1 saturated heterocycles.